The molecule has 0 aliphatic rings. The van der Waals surface area contributed by atoms with Crippen molar-refractivity contribution in [3.8, 4) is 0 Å². The third-order valence-corrected chi connectivity index (χ3v) is 2.10. The second kappa shape index (κ2) is 3.28. The zero-order valence-electron chi connectivity index (χ0n) is 7.46. The highest BCUT2D eigenvalue weighted by molar-refractivity contribution is 5.72. The molecule has 4 N–H and O–H groups in total. The molecule has 5 heteroatoms. The Morgan fingerprint density at radius 1 is 1.50 bits per heavy atom. The SMILES string of the molecule is Nc1c(C(O)CO)nn2ccccc12. The molecule has 0 aromatic carbocycles. The molecule has 74 valence electrons. The number of nitrogens with two attached hydrogens (primary N) is 1. The van der Waals surface area contributed by atoms with Crippen LogP contribution in [0, 0.1) is 0 Å². The number of anilines is 1. The standard InChI is InChI=1S/C9H11N3O2/c10-8-6-3-1-2-4-12(6)11-9(8)7(14)5-13/h1-4,7,13-14H,5,10H2. The number of aromatic nitrogens is 2. The Hall–Kier alpha value is -1.59. The highest BCUT2D eigenvalue weighted by Crippen LogP contribution is 2.23. The molecule has 1 atom stereocenters. The van der Waals surface area contributed by atoms with Crippen molar-refractivity contribution in [3.05, 3.63) is 30.1 Å². The van der Waals surface area contributed by atoms with E-state index < -0.39 is 6.10 Å². The summed E-state index contributed by atoms with van der Waals surface area (Å²) in [6, 6.07) is 5.45. The molecule has 2 aromatic rings. The number of aliphatic hydroxyl groups excluding tert-OH is 2. The van der Waals surface area contributed by atoms with Gasteiger partial charge in [-0.1, -0.05) is 6.07 Å². The van der Waals surface area contributed by atoms with E-state index in [0.29, 0.717) is 11.4 Å². The Labute approximate surface area is 80.4 Å². The molecule has 0 saturated carbocycles. The Morgan fingerprint density at radius 3 is 2.93 bits per heavy atom. The highest BCUT2D eigenvalue weighted by Gasteiger charge is 2.16. The van der Waals surface area contributed by atoms with Gasteiger partial charge in [0.15, 0.2) is 0 Å². The first-order valence-corrected chi connectivity index (χ1v) is 4.25. The van der Waals surface area contributed by atoms with Crippen molar-refractivity contribution in [2.75, 3.05) is 12.3 Å². The van der Waals surface area contributed by atoms with Gasteiger partial charge in [0.2, 0.25) is 0 Å². The molecule has 0 bridgehead atoms. The van der Waals surface area contributed by atoms with Crippen LogP contribution in [0.15, 0.2) is 24.4 Å². The Bertz CT molecular complexity index is 452. The van der Waals surface area contributed by atoms with Gasteiger partial charge in [0.1, 0.15) is 11.8 Å². The summed E-state index contributed by atoms with van der Waals surface area (Å²) in [5.74, 6) is 0. The smallest absolute Gasteiger partial charge is 0.123 e. The van der Waals surface area contributed by atoms with E-state index >= 15 is 0 Å². The summed E-state index contributed by atoms with van der Waals surface area (Å²) < 4.78 is 1.57. The molecule has 0 aliphatic carbocycles. The first-order valence-electron chi connectivity index (χ1n) is 4.25. The van der Waals surface area contributed by atoms with Crippen LogP contribution in [0.4, 0.5) is 5.69 Å². The molecular weight excluding hydrogens is 182 g/mol. The maximum atomic E-state index is 9.41. The van der Waals surface area contributed by atoms with Crippen molar-refractivity contribution in [3.63, 3.8) is 0 Å². The Morgan fingerprint density at radius 2 is 2.29 bits per heavy atom. The van der Waals surface area contributed by atoms with Gasteiger partial charge >= 0.3 is 0 Å². The van der Waals surface area contributed by atoms with Crippen LogP contribution in [0.2, 0.25) is 0 Å². The van der Waals surface area contributed by atoms with Gasteiger partial charge in [-0.25, -0.2) is 4.52 Å². The Balaban J connectivity index is 2.62. The van der Waals surface area contributed by atoms with E-state index in [4.69, 9.17) is 10.8 Å². The number of nitrogens with zero attached hydrogens (tertiary/aromatic N) is 2. The lowest BCUT2D eigenvalue weighted by Gasteiger charge is -2.02. The van der Waals surface area contributed by atoms with Crippen molar-refractivity contribution < 1.29 is 10.2 Å². The van der Waals surface area contributed by atoms with Gasteiger partial charge in [0, 0.05) is 6.20 Å². The van der Waals surface area contributed by atoms with Crippen LogP contribution in [-0.2, 0) is 0 Å². The molecule has 2 rings (SSSR count). The van der Waals surface area contributed by atoms with Crippen molar-refractivity contribution in [2.45, 2.75) is 6.10 Å². The van der Waals surface area contributed by atoms with E-state index in [1.165, 1.54) is 0 Å². The number of nitrogen functional groups attached to an aromatic ring is 1. The largest absolute Gasteiger partial charge is 0.395 e. The van der Waals surface area contributed by atoms with E-state index in [9.17, 15) is 5.11 Å². The fourth-order valence-corrected chi connectivity index (χ4v) is 1.37. The molecule has 0 radical (unpaired) electrons. The van der Waals surface area contributed by atoms with Gasteiger partial charge in [0.25, 0.3) is 0 Å². The number of rotatable bonds is 2. The maximum absolute atomic E-state index is 9.41. The molecule has 0 fully saturated rings. The second-order valence-corrected chi connectivity index (χ2v) is 3.03. The third kappa shape index (κ3) is 1.23. The van der Waals surface area contributed by atoms with Crippen molar-refractivity contribution in [2.24, 2.45) is 0 Å². The lowest BCUT2D eigenvalue weighted by molar-refractivity contribution is 0.0926. The molecule has 2 aromatic heterocycles. The fraction of sp³-hybridized carbons (Fsp3) is 0.222. The quantitative estimate of drug-likeness (QED) is 0.624. The van der Waals surface area contributed by atoms with Gasteiger partial charge < -0.3 is 15.9 Å². The number of pyridine rings is 1. The first-order chi connectivity index (χ1) is 6.74. The van der Waals surface area contributed by atoms with E-state index in [0.717, 1.165) is 5.52 Å². The second-order valence-electron chi connectivity index (χ2n) is 3.03. The minimum absolute atomic E-state index is 0.318. The predicted molar refractivity (Wildman–Crippen MR) is 51.7 cm³/mol. The molecule has 5 nitrogen and oxygen atoms in total. The molecule has 1 unspecified atom stereocenters. The summed E-state index contributed by atoms with van der Waals surface area (Å²) in [4.78, 5) is 0. The number of fused-ring (bicyclic) bond motifs is 1. The predicted octanol–water partition coefficient (Wildman–Crippen LogP) is -0.0578. The summed E-state index contributed by atoms with van der Waals surface area (Å²) in [5, 5.41) is 22.3. The van der Waals surface area contributed by atoms with Gasteiger partial charge in [0.05, 0.1) is 17.8 Å². The van der Waals surface area contributed by atoms with E-state index in [2.05, 4.69) is 5.10 Å². The van der Waals surface area contributed by atoms with Crippen LogP contribution in [0.25, 0.3) is 5.52 Å². The summed E-state index contributed by atoms with van der Waals surface area (Å²) >= 11 is 0. The minimum atomic E-state index is -1.02. The molecule has 0 aliphatic heterocycles. The van der Waals surface area contributed by atoms with Gasteiger partial charge in [-0.2, -0.15) is 5.10 Å². The molecular formula is C9H11N3O2. The van der Waals surface area contributed by atoms with Crippen LogP contribution in [0.1, 0.15) is 11.8 Å². The lowest BCUT2D eigenvalue weighted by Crippen LogP contribution is -2.05. The number of hydrogen-bond acceptors (Lipinski definition) is 4. The number of hydrogen-bond donors (Lipinski definition) is 3. The van der Waals surface area contributed by atoms with Crippen molar-refractivity contribution in [1.82, 2.24) is 9.61 Å². The molecule has 14 heavy (non-hydrogen) atoms. The topological polar surface area (TPSA) is 83.8 Å². The maximum Gasteiger partial charge on any atom is 0.123 e. The van der Waals surface area contributed by atoms with Crippen LogP contribution in [0.5, 0.6) is 0 Å². The average Bonchev–Trinajstić information content (AvgIpc) is 2.56. The highest BCUT2D eigenvalue weighted by atomic mass is 16.3. The average molecular weight is 193 g/mol. The third-order valence-electron chi connectivity index (χ3n) is 2.10. The van der Waals surface area contributed by atoms with E-state index in [-0.39, 0.29) is 6.61 Å². The first kappa shape index (κ1) is 8.98. The van der Waals surface area contributed by atoms with Crippen LogP contribution < -0.4 is 5.73 Å². The van der Waals surface area contributed by atoms with Gasteiger partial charge in [-0.15, -0.1) is 0 Å². The van der Waals surface area contributed by atoms with Crippen molar-refractivity contribution >= 4 is 11.2 Å². The normalized spacial score (nSPS) is 13.3. The van der Waals surface area contributed by atoms with Crippen LogP contribution in [-0.4, -0.2) is 26.4 Å². The van der Waals surface area contributed by atoms with Crippen LogP contribution in [0.3, 0.4) is 0 Å². The fourth-order valence-electron chi connectivity index (χ4n) is 1.37. The molecule has 2 heterocycles. The summed E-state index contributed by atoms with van der Waals surface area (Å²) in [5.41, 5.74) is 7.22. The molecule has 0 saturated heterocycles. The van der Waals surface area contributed by atoms with Crippen molar-refractivity contribution in [1.29, 1.82) is 0 Å². The Kier molecular flexibility index (Phi) is 2.11. The molecule has 0 amide bonds. The zero-order chi connectivity index (χ0) is 10.1. The zero-order valence-corrected chi connectivity index (χ0v) is 7.46. The van der Waals surface area contributed by atoms with E-state index in [1.807, 2.05) is 12.1 Å². The minimum Gasteiger partial charge on any atom is -0.395 e. The van der Waals surface area contributed by atoms with Gasteiger partial charge in [-0.3, -0.25) is 0 Å². The summed E-state index contributed by atoms with van der Waals surface area (Å²) in [6.45, 7) is -0.381. The lowest BCUT2D eigenvalue weighted by atomic mass is 10.2. The van der Waals surface area contributed by atoms with E-state index in [1.54, 1.807) is 16.8 Å². The van der Waals surface area contributed by atoms with Gasteiger partial charge in [-0.05, 0) is 12.1 Å². The monoisotopic (exact) mass is 193 g/mol. The summed E-state index contributed by atoms with van der Waals surface area (Å²) in [6.07, 6.45) is 0.717. The number of aliphatic hydroxyl groups is 2. The molecule has 0 spiro atoms. The summed E-state index contributed by atoms with van der Waals surface area (Å²) in [7, 11) is 0. The van der Waals surface area contributed by atoms with Crippen LogP contribution >= 0.6 is 0 Å².